The lowest BCUT2D eigenvalue weighted by Crippen LogP contribution is -2.16. The largest absolute Gasteiger partial charge is 0.485 e. The molecular formula is C24H28N4O2S. The smallest absolute Gasteiger partial charge is 0.234 e. The standard InChI is InChI=1S/C24H28N4O2S/c1-6-12-28-22(14-30-21-11-10-16(2)13-18(21)4)26-27-24(28)31-15-23(29)25-20-9-7-8-17(3)19(20)5/h6-11,13H,1,12,14-15H2,2-5H3,(H,25,29). The Balaban J connectivity index is 1.64. The molecule has 1 N–H and O–H groups in total. The van der Waals surface area contributed by atoms with Gasteiger partial charge < -0.3 is 10.1 Å². The van der Waals surface area contributed by atoms with Crippen LogP contribution in [0.25, 0.3) is 0 Å². The second kappa shape index (κ2) is 10.3. The molecule has 0 bridgehead atoms. The summed E-state index contributed by atoms with van der Waals surface area (Å²) in [5.74, 6) is 1.67. The monoisotopic (exact) mass is 436 g/mol. The van der Waals surface area contributed by atoms with Crippen LogP contribution in [0.1, 0.15) is 28.1 Å². The van der Waals surface area contributed by atoms with Crippen molar-refractivity contribution in [2.75, 3.05) is 11.1 Å². The van der Waals surface area contributed by atoms with Crippen LogP contribution in [0.3, 0.4) is 0 Å². The molecule has 1 amide bonds. The number of amides is 1. The number of allylic oxidation sites excluding steroid dienone is 1. The number of anilines is 1. The third-order valence-corrected chi connectivity index (χ3v) is 5.97. The number of carbonyl (C=O) groups excluding carboxylic acids is 1. The van der Waals surface area contributed by atoms with E-state index in [1.165, 1.54) is 17.3 Å². The Morgan fingerprint density at radius 3 is 2.71 bits per heavy atom. The van der Waals surface area contributed by atoms with Gasteiger partial charge >= 0.3 is 0 Å². The SMILES string of the molecule is C=CCn1c(COc2ccc(C)cc2C)nnc1SCC(=O)Nc1cccc(C)c1C. The summed E-state index contributed by atoms with van der Waals surface area (Å²) in [7, 11) is 0. The fraction of sp³-hybridized carbons (Fsp3) is 0.292. The normalized spacial score (nSPS) is 10.7. The molecule has 1 aromatic heterocycles. The molecule has 162 valence electrons. The number of aromatic nitrogens is 3. The Bertz CT molecular complexity index is 1090. The highest BCUT2D eigenvalue weighted by Gasteiger charge is 2.15. The van der Waals surface area contributed by atoms with Gasteiger partial charge in [-0.3, -0.25) is 9.36 Å². The molecule has 0 aliphatic heterocycles. The highest BCUT2D eigenvalue weighted by Crippen LogP contribution is 2.23. The Labute approximate surface area is 187 Å². The van der Waals surface area contributed by atoms with Gasteiger partial charge in [0.2, 0.25) is 5.91 Å². The summed E-state index contributed by atoms with van der Waals surface area (Å²) >= 11 is 1.35. The average molecular weight is 437 g/mol. The van der Waals surface area contributed by atoms with Gasteiger partial charge in [-0.2, -0.15) is 0 Å². The quantitative estimate of drug-likeness (QED) is 0.377. The van der Waals surface area contributed by atoms with Gasteiger partial charge in [0.05, 0.1) is 5.75 Å². The second-order valence-electron chi connectivity index (χ2n) is 7.44. The molecule has 3 aromatic rings. The highest BCUT2D eigenvalue weighted by molar-refractivity contribution is 7.99. The lowest BCUT2D eigenvalue weighted by molar-refractivity contribution is -0.113. The van der Waals surface area contributed by atoms with Crippen LogP contribution in [0.15, 0.2) is 54.2 Å². The molecule has 0 aliphatic rings. The van der Waals surface area contributed by atoms with Gasteiger partial charge in [-0.15, -0.1) is 16.8 Å². The van der Waals surface area contributed by atoms with Crippen molar-refractivity contribution in [3.8, 4) is 5.75 Å². The maximum Gasteiger partial charge on any atom is 0.234 e. The average Bonchev–Trinajstić information content (AvgIpc) is 3.11. The van der Waals surface area contributed by atoms with Crippen LogP contribution < -0.4 is 10.1 Å². The van der Waals surface area contributed by atoms with Gasteiger partial charge in [0, 0.05) is 12.2 Å². The van der Waals surface area contributed by atoms with Crippen LogP contribution in [-0.4, -0.2) is 26.4 Å². The fourth-order valence-corrected chi connectivity index (χ4v) is 3.92. The van der Waals surface area contributed by atoms with Crippen molar-refractivity contribution in [1.82, 2.24) is 14.8 Å². The van der Waals surface area contributed by atoms with Crippen LogP contribution in [0.5, 0.6) is 5.75 Å². The molecule has 3 rings (SSSR count). The van der Waals surface area contributed by atoms with E-state index in [0.717, 1.165) is 28.1 Å². The maximum absolute atomic E-state index is 12.5. The summed E-state index contributed by atoms with van der Waals surface area (Å²) in [6, 6.07) is 11.9. The van der Waals surface area contributed by atoms with Gasteiger partial charge in [0.25, 0.3) is 0 Å². The van der Waals surface area contributed by atoms with E-state index in [0.29, 0.717) is 24.1 Å². The molecule has 0 spiro atoms. The molecule has 0 aliphatic carbocycles. The molecule has 1 heterocycles. The number of aryl methyl sites for hydroxylation is 3. The minimum Gasteiger partial charge on any atom is -0.485 e. The first kappa shape index (κ1) is 22.6. The van der Waals surface area contributed by atoms with Crippen molar-refractivity contribution < 1.29 is 9.53 Å². The first-order valence-corrected chi connectivity index (χ1v) is 11.1. The first-order chi connectivity index (χ1) is 14.9. The lowest BCUT2D eigenvalue weighted by atomic mass is 10.1. The minimum atomic E-state index is -0.0834. The van der Waals surface area contributed by atoms with Crippen LogP contribution in [0.2, 0.25) is 0 Å². The molecule has 0 unspecified atom stereocenters. The third-order valence-electron chi connectivity index (χ3n) is 5.00. The number of hydrogen-bond donors (Lipinski definition) is 1. The molecule has 6 nitrogen and oxygen atoms in total. The van der Waals surface area contributed by atoms with Crippen molar-refractivity contribution >= 4 is 23.4 Å². The summed E-state index contributed by atoms with van der Waals surface area (Å²) < 4.78 is 7.88. The summed E-state index contributed by atoms with van der Waals surface area (Å²) in [4.78, 5) is 12.5. The number of carbonyl (C=O) groups is 1. The van der Waals surface area contributed by atoms with E-state index < -0.39 is 0 Å². The van der Waals surface area contributed by atoms with Crippen molar-refractivity contribution in [3.05, 3.63) is 77.1 Å². The van der Waals surface area contributed by atoms with Gasteiger partial charge in [-0.05, 0) is 56.5 Å². The second-order valence-corrected chi connectivity index (χ2v) is 8.38. The topological polar surface area (TPSA) is 69.0 Å². The van der Waals surface area contributed by atoms with E-state index in [9.17, 15) is 4.79 Å². The summed E-state index contributed by atoms with van der Waals surface area (Å²) in [5.41, 5.74) is 5.32. The van der Waals surface area contributed by atoms with Gasteiger partial charge in [-0.25, -0.2) is 0 Å². The number of rotatable bonds is 9. The fourth-order valence-electron chi connectivity index (χ4n) is 3.15. The van der Waals surface area contributed by atoms with Crippen LogP contribution in [0, 0.1) is 27.7 Å². The Kier molecular flexibility index (Phi) is 7.52. The molecule has 31 heavy (non-hydrogen) atoms. The van der Waals surface area contributed by atoms with Gasteiger partial charge in [-0.1, -0.05) is 47.7 Å². The number of benzene rings is 2. The zero-order valence-electron chi connectivity index (χ0n) is 18.4. The summed E-state index contributed by atoms with van der Waals surface area (Å²) in [5, 5.41) is 12.2. The Hall–Kier alpha value is -3.06. The van der Waals surface area contributed by atoms with E-state index in [1.807, 2.05) is 55.7 Å². The van der Waals surface area contributed by atoms with Crippen LogP contribution in [0.4, 0.5) is 5.69 Å². The number of ether oxygens (including phenoxy) is 1. The van der Waals surface area contributed by atoms with Crippen molar-refractivity contribution in [2.45, 2.75) is 46.0 Å². The van der Waals surface area contributed by atoms with Crippen molar-refractivity contribution in [3.63, 3.8) is 0 Å². The molecule has 0 radical (unpaired) electrons. The molecule has 7 heteroatoms. The highest BCUT2D eigenvalue weighted by atomic mass is 32.2. The molecular weight excluding hydrogens is 408 g/mol. The first-order valence-electron chi connectivity index (χ1n) is 10.1. The van der Waals surface area contributed by atoms with Crippen molar-refractivity contribution in [1.29, 1.82) is 0 Å². The number of nitrogens with zero attached hydrogens (tertiary/aromatic N) is 3. The molecule has 0 saturated carbocycles. The predicted octanol–water partition coefficient (Wildman–Crippen LogP) is 5.01. The summed E-state index contributed by atoms with van der Waals surface area (Å²) in [6.45, 7) is 12.8. The van der Waals surface area contributed by atoms with E-state index in [2.05, 4.69) is 35.1 Å². The Morgan fingerprint density at radius 1 is 1.16 bits per heavy atom. The Morgan fingerprint density at radius 2 is 1.97 bits per heavy atom. The van der Waals surface area contributed by atoms with E-state index in [-0.39, 0.29) is 11.7 Å². The zero-order valence-corrected chi connectivity index (χ0v) is 19.3. The third kappa shape index (κ3) is 5.76. The predicted molar refractivity (Wildman–Crippen MR) is 126 cm³/mol. The van der Waals surface area contributed by atoms with Crippen molar-refractivity contribution in [2.24, 2.45) is 0 Å². The number of nitrogens with one attached hydrogen (secondary N) is 1. The van der Waals surface area contributed by atoms with E-state index in [4.69, 9.17) is 4.74 Å². The van der Waals surface area contributed by atoms with E-state index in [1.54, 1.807) is 6.08 Å². The zero-order chi connectivity index (χ0) is 22.4. The maximum atomic E-state index is 12.5. The van der Waals surface area contributed by atoms with Crippen LogP contribution >= 0.6 is 11.8 Å². The van der Waals surface area contributed by atoms with Crippen LogP contribution in [-0.2, 0) is 17.9 Å². The molecule has 2 aromatic carbocycles. The van der Waals surface area contributed by atoms with Gasteiger partial charge in [0.15, 0.2) is 11.0 Å². The van der Waals surface area contributed by atoms with Gasteiger partial charge in [0.1, 0.15) is 12.4 Å². The molecule has 0 fully saturated rings. The molecule has 0 saturated heterocycles. The molecule has 0 atom stereocenters. The minimum absolute atomic E-state index is 0.0834. The summed E-state index contributed by atoms with van der Waals surface area (Å²) in [6.07, 6.45) is 1.78. The number of thioether (sulfide) groups is 1. The lowest BCUT2D eigenvalue weighted by Gasteiger charge is -2.12. The number of hydrogen-bond acceptors (Lipinski definition) is 5. The van der Waals surface area contributed by atoms with E-state index >= 15 is 0 Å².